The Labute approximate surface area is 137 Å². The maximum absolute atomic E-state index is 4.71. The van der Waals surface area contributed by atoms with E-state index >= 15 is 0 Å². The minimum atomic E-state index is 0.659. The largest absolute Gasteiger partial charge is 0.364 e. The number of fused-ring (bicyclic) bond motifs is 1. The van der Waals surface area contributed by atoms with Gasteiger partial charge in [0.05, 0.1) is 5.52 Å². The number of anilines is 1. The SMILES string of the molecule is Cc1cnc(NCc2ccccc2)c2c1c(C)c(C)n2C1CC1. The Kier molecular flexibility index (Phi) is 3.37. The molecule has 4 rings (SSSR count). The van der Waals surface area contributed by atoms with E-state index in [2.05, 4.69) is 61.0 Å². The Morgan fingerprint density at radius 1 is 1.13 bits per heavy atom. The summed E-state index contributed by atoms with van der Waals surface area (Å²) in [5.41, 5.74) is 6.63. The van der Waals surface area contributed by atoms with Gasteiger partial charge in [0.2, 0.25) is 0 Å². The lowest BCUT2D eigenvalue weighted by molar-refractivity contribution is 0.745. The number of nitrogens with one attached hydrogen (secondary N) is 1. The highest BCUT2D eigenvalue weighted by Crippen LogP contribution is 2.43. The highest BCUT2D eigenvalue weighted by Gasteiger charge is 2.29. The summed E-state index contributed by atoms with van der Waals surface area (Å²) in [4.78, 5) is 4.71. The Morgan fingerprint density at radius 2 is 1.87 bits per heavy atom. The van der Waals surface area contributed by atoms with E-state index in [0.29, 0.717) is 6.04 Å². The molecule has 0 bridgehead atoms. The lowest BCUT2D eigenvalue weighted by Gasteiger charge is -2.12. The lowest BCUT2D eigenvalue weighted by Crippen LogP contribution is -2.05. The maximum atomic E-state index is 4.71. The molecule has 1 saturated carbocycles. The first-order chi connectivity index (χ1) is 11.2. The second kappa shape index (κ2) is 5.41. The summed E-state index contributed by atoms with van der Waals surface area (Å²) < 4.78 is 2.51. The Morgan fingerprint density at radius 3 is 2.57 bits per heavy atom. The average Bonchev–Trinajstić information content (AvgIpc) is 3.36. The van der Waals surface area contributed by atoms with E-state index in [-0.39, 0.29) is 0 Å². The summed E-state index contributed by atoms with van der Waals surface area (Å²) in [5.74, 6) is 1.01. The molecule has 3 heteroatoms. The molecule has 1 aromatic carbocycles. The summed E-state index contributed by atoms with van der Waals surface area (Å²) in [6.45, 7) is 7.46. The molecule has 118 valence electrons. The number of benzene rings is 1. The summed E-state index contributed by atoms with van der Waals surface area (Å²) in [5, 5.41) is 4.94. The summed E-state index contributed by atoms with van der Waals surface area (Å²) in [7, 11) is 0. The van der Waals surface area contributed by atoms with Gasteiger partial charge in [-0.2, -0.15) is 0 Å². The minimum absolute atomic E-state index is 0.659. The first kappa shape index (κ1) is 14.3. The van der Waals surface area contributed by atoms with Crippen LogP contribution in [0.2, 0.25) is 0 Å². The van der Waals surface area contributed by atoms with Gasteiger partial charge in [-0.05, 0) is 50.3 Å². The molecule has 0 atom stereocenters. The predicted octanol–water partition coefficient (Wildman–Crippen LogP) is 4.91. The molecule has 0 radical (unpaired) electrons. The van der Waals surface area contributed by atoms with Crippen molar-refractivity contribution in [3.8, 4) is 0 Å². The Hall–Kier alpha value is -2.29. The van der Waals surface area contributed by atoms with E-state index in [4.69, 9.17) is 4.98 Å². The lowest BCUT2D eigenvalue weighted by atomic mass is 10.1. The van der Waals surface area contributed by atoms with Crippen LogP contribution in [0.4, 0.5) is 5.82 Å². The zero-order chi connectivity index (χ0) is 16.0. The fraction of sp³-hybridized carbons (Fsp3) is 0.350. The smallest absolute Gasteiger partial charge is 0.150 e. The fourth-order valence-corrected chi connectivity index (χ4v) is 3.53. The number of nitrogens with zero attached hydrogens (tertiary/aromatic N) is 2. The third-order valence-corrected chi connectivity index (χ3v) is 4.98. The molecule has 1 aliphatic carbocycles. The molecule has 0 aliphatic heterocycles. The van der Waals surface area contributed by atoms with Gasteiger partial charge >= 0.3 is 0 Å². The van der Waals surface area contributed by atoms with Gasteiger partial charge in [-0.1, -0.05) is 30.3 Å². The van der Waals surface area contributed by atoms with Crippen molar-refractivity contribution < 1.29 is 0 Å². The normalized spacial score (nSPS) is 14.4. The van der Waals surface area contributed by atoms with Crippen LogP contribution in [0.25, 0.3) is 10.9 Å². The van der Waals surface area contributed by atoms with Gasteiger partial charge in [-0.15, -0.1) is 0 Å². The molecule has 0 saturated heterocycles. The quantitative estimate of drug-likeness (QED) is 0.742. The van der Waals surface area contributed by atoms with Crippen molar-refractivity contribution >= 4 is 16.7 Å². The minimum Gasteiger partial charge on any atom is -0.364 e. The van der Waals surface area contributed by atoms with Crippen LogP contribution >= 0.6 is 0 Å². The second-order valence-electron chi connectivity index (χ2n) is 6.66. The highest BCUT2D eigenvalue weighted by molar-refractivity contribution is 5.95. The van der Waals surface area contributed by atoms with E-state index < -0.39 is 0 Å². The van der Waals surface area contributed by atoms with Crippen LogP contribution in [0.5, 0.6) is 0 Å². The second-order valence-corrected chi connectivity index (χ2v) is 6.66. The molecule has 0 unspecified atom stereocenters. The van der Waals surface area contributed by atoms with Crippen LogP contribution in [0.15, 0.2) is 36.5 Å². The molecular weight excluding hydrogens is 282 g/mol. The Bertz CT molecular complexity index is 858. The molecule has 0 spiro atoms. The van der Waals surface area contributed by atoms with Gasteiger partial charge in [-0.3, -0.25) is 0 Å². The topological polar surface area (TPSA) is 29.9 Å². The van der Waals surface area contributed by atoms with Crippen molar-refractivity contribution in [3.63, 3.8) is 0 Å². The molecule has 1 fully saturated rings. The van der Waals surface area contributed by atoms with Gasteiger partial charge in [0.25, 0.3) is 0 Å². The third kappa shape index (κ3) is 2.40. The third-order valence-electron chi connectivity index (χ3n) is 4.98. The van der Waals surface area contributed by atoms with Crippen LogP contribution in [-0.4, -0.2) is 9.55 Å². The Balaban J connectivity index is 1.80. The van der Waals surface area contributed by atoms with E-state index in [0.717, 1.165) is 12.4 Å². The van der Waals surface area contributed by atoms with Crippen LogP contribution in [0.1, 0.15) is 41.3 Å². The van der Waals surface area contributed by atoms with Gasteiger partial charge in [0.1, 0.15) is 0 Å². The van der Waals surface area contributed by atoms with Crippen molar-refractivity contribution in [1.29, 1.82) is 0 Å². The molecule has 0 amide bonds. The molecule has 1 aliphatic rings. The molecular formula is C20H23N3. The van der Waals surface area contributed by atoms with E-state index in [1.807, 2.05) is 6.20 Å². The first-order valence-corrected chi connectivity index (χ1v) is 8.41. The zero-order valence-corrected chi connectivity index (χ0v) is 14.1. The van der Waals surface area contributed by atoms with Gasteiger partial charge < -0.3 is 9.88 Å². The van der Waals surface area contributed by atoms with Gasteiger partial charge in [0.15, 0.2) is 5.82 Å². The monoisotopic (exact) mass is 305 g/mol. The summed E-state index contributed by atoms with van der Waals surface area (Å²) in [6, 6.07) is 11.2. The van der Waals surface area contributed by atoms with Crippen molar-refractivity contribution in [2.24, 2.45) is 0 Å². The number of aryl methyl sites for hydroxylation is 2. The van der Waals surface area contributed by atoms with Gasteiger partial charge in [0, 0.05) is 29.9 Å². The van der Waals surface area contributed by atoms with Crippen LogP contribution < -0.4 is 5.32 Å². The van der Waals surface area contributed by atoms with Crippen molar-refractivity contribution in [3.05, 3.63) is 58.9 Å². The molecule has 1 N–H and O–H groups in total. The molecule has 2 aromatic heterocycles. The standard InChI is InChI=1S/C20H23N3/c1-13-11-21-20(22-12-16-7-5-4-6-8-16)19-18(13)14(2)15(3)23(19)17-9-10-17/h4-8,11,17H,9-10,12H2,1-3H3,(H,21,22). The molecule has 3 aromatic rings. The van der Waals surface area contributed by atoms with Gasteiger partial charge in [-0.25, -0.2) is 4.98 Å². The van der Waals surface area contributed by atoms with Crippen molar-refractivity contribution in [2.45, 2.75) is 46.2 Å². The number of aromatic nitrogens is 2. The first-order valence-electron chi connectivity index (χ1n) is 8.41. The summed E-state index contributed by atoms with van der Waals surface area (Å²) >= 11 is 0. The van der Waals surface area contributed by atoms with E-state index in [1.165, 1.54) is 46.1 Å². The number of pyridine rings is 1. The fourth-order valence-electron chi connectivity index (χ4n) is 3.53. The average molecular weight is 305 g/mol. The van der Waals surface area contributed by atoms with Crippen LogP contribution in [-0.2, 0) is 6.54 Å². The van der Waals surface area contributed by atoms with E-state index in [9.17, 15) is 0 Å². The number of hydrogen-bond acceptors (Lipinski definition) is 2. The molecule has 23 heavy (non-hydrogen) atoms. The maximum Gasteiger partial charge on any atom is 0.150 e. The molecule has 2 heterocycles. The summed E-state index contributed by atoms with van der Waals surface area (Å²) in [6.07, 6.45) is 4.57. The number of hydrogen-bond donors (Lipinski definition) is 1. The van der Waals surface area contributed by atoms with Crippen LogP contribution in [0, 0.1) is 20.8 Å². The van der Waals surface area contributed by atoms with Crippen LogP contribution in [0.3, 0.4) is 0 Å². The molecule has 3 nitrogen and oxygen atoms in total. The predicted molar refractivity (Wildman–Crippen MR) is 96.0 cm³/mol. The van der Waals surface area contributed by atoms with E-state index in [1.54, 1.807) is 0 Å². The zero-order valence-electron chi connectivity index (χ0n) is 14.1. The van der Waals surface area contributed by atoms with Crippen molar-refractivity contribution in [2.75, 3.05) is 5.32 Å². The number of rotatable bonds is 4. The van der Waals surface area contributed by atoms with Crippen molar-refractivity contribution in [1.82, 2.24) is 9.55 Å². The highest BCUT2D eigenvalue weighted by atomic mass is 15.1.